The van der Waals surface area contributed by atoms with Crippen molar-refractivity contribution in [3.8, 4) is 33.6 Å². The van der Waals surface area contributed by atoms with E-state index in [-0.39, 0.29) is 0 Å². The number of hydrogen-bond acceptors (Lipinski definition) is 0. The molecule has 0 saturated carbocycles. The minimum atomic E-state index is 1.15. The Kier molecular flexibility index (Phi) is 6.17. The number of fused-ring (bicyclic) bond motifs is 9. The Morgan fingerprint density at radius 2 is 0.769 bits per heavy atom. The van der Waals surface area contributed by atoms with Crippen LogP contribution < -0.4 is 0 Å². The van der Waals surface area contributed by atoms with E-state index in [9.17, 15) is 0 Å². The molecular formula is C49H33N3. The van der Waals surface area contributed by atoms with Crippen LogP contribution in [0.2, 0.25) is 0 Å². The van der Waals surface area contributed by atoms with Gasteiger partial charge >= 0.3 is 0 Å². The Bertz CT molecular complexity index is 3180. The SMILES string of the molecule is Cn1c2ccccc2c2ccc(-c3cccc4c5ccc(-c6ccc7c8ccccc8n(-c8ccccc8)c7c6)cc5n(-c5ccccc5)c34)cc21. The molecule has 3 aromatic heterocycles. The van der Waals surface area contributed by atoms with Gasteiger partial charge in [0.25, 0.3) is 0 Å². The van der Waals surface area contributed by atoms with Crippen molar-refractivity contribution in [3.63, 3.8) is 0 Å². The van der Waals surface area contributed by atoms with Crippen molar-refractivity contribution in [3.05, 3.63) is 182 Å². The van der Waals surface area contributed by atoms with Crippen molar-refractivity contribution in [1.29, 1.82) is 0 Å². The van der Waals surface area contributed by atoms with Gasteiger partial charge in [-0.2, -0.15) is 0 Å². The molecule has 11 rings (SSSR count). The Hall–Kier alpha value is -6.84. The lowest BCUT2D eigenvalue weighted by Gasteiger charge is -2.13. The molecule has 0 N–H and O–H groups in total. The lowest BCUT2D eigenvalue weighted by atomic mass is 9.99. The topological polar surface area (TPSA) is 14.8 Å². The zero-order valence-corrected chi connectivity index (χ0v) is 28.7. The Balaban J connectivity index is 1.16. The van der Waals surface area contributed by atoms with E-state index in [1.807, 2.05) is 0 Å². The molecule has 0 amide bonds. The van der Waals surface area contributed by atoms with Gasteiger partial charge in [-0.1, -0.05) is 127 Å². The minimum Gasteiger partial charge on any atom is -0.344 e. The Morgan fingerprint density at radius 1 is 0.308 bits per heavy atom. The highest BCUT2D eigenvalue weighted by Gasteiger charge is 2.19. The van der Waals surface area contributed by atoms with Crippen LogP contribution in [0.15, 0.2) is 182 Å². The molecule has 0 unspecified atom stereocenters. The van der Waals surface area contributed by atoms with Crippen molar-refractivity contribution in [1.82, 2.24) is 13.7 Å². The number of benzene rings is 8. The molecular weight excluding hydrogens is 631 g/mol. The molecule has 52 heavy (non-hydrogen) atoms. The van der Waals surface area contributed by atoms with E-state index in [1.54, 1.807) is 0 Å². The smallest absolute Gasteiger partial charge is 0.0619 e. The normalized spacial score (nSPS) is 11.9. The quantitative estimate of drug-likeness (QED) is 0.178. The second-order valence-corrected chi connectivity index (χ2v) is 13.8. The maximum Gasteiger partial charge on any atom is 0.0619 e. The van der Waals surface area contributed by atoms with Gasteiger partial charge in [0.2, 0.25) is 0 Å². The maximum atomic E-state index is 2.47. The van der Waals surface area contributed by atoms with Gasteiger partial charge in [0.1, 0.15) is 0 Å². The molecule has 0 radical (unpaired) electrons. The van der Waals surface area contributed by atoms with Crippen LogP contribution in [0.3, 0.4) is 0 Å². The van der Waals surface area contributed by atoms with Gasteiger partial charge in [-0.3, -0.25) is 0 Å². The number of aryl methyl sites for hydroxylation is 1. The van der Waals surface area contributed by atoms with Crippen LogP contribution >= 0.6 is 0 Å². The van der Waals surface area contributed by atoms with E-state index in [1.165, 1.54) is 93.4 Å². The average Bonchev–Trinajstić information content (AvgIpc) is 3.83. The fourth-order valence-electron chi connectivity index (χ4n) is 8.66. The molecule has 0 atom stereocenters. The summed E-state index contributed by atoms with van der Waals surface area (Å²) < 4.78 is 7.18. The zero-order chi connectivity index (χ0) is 34.3. The third kappa shape index (κ3) is 4.14. The van der Waals surface area contributed by atoms with Gasteiger partial charge in [0.15, 0.2) is 0 Å². The second kappa shape index (κ2) is 11.1. The summed E-state index contributed by atoms with van der Waals surface area (Å²) in [7, 11) is 2.17. The second-order valence-electron chi connectivity index (χ2n) is 13.8. The average molecular weight is 664 g/mol. The van der Waals surface area contributed by atoms with E-state index in [4.69, 9.17) is 0 Å². The minimum absolute atomic E-state index is 1.15. The molecule has 0 aliphatic rings. The molecule has 8 aromatic carbocycles. The van der Waals surface area contributed by atoms with Gasteiger partial charge in [0, 0.05) is 67.3 Å². The first-order valence-electron chi connectivity index (χ1n) is 17.9. The van der Waals surface area contributed by atoms with Crippen molar-refractivity contribution < 1.29 is 0 Å². The van der Waals surface area contributed by atoms with Crippen molar-refractivity contribution in [2.75, 3.05) is 0 Å². The highest BCUT2D eigenvalue weighted by atomic mass is 15.0. The van der Waals surface area contributed by atoms with Gasteiger partial charge in [0.05, 0.1) is 22.1 Å². The van der Waals surface area contributed by atoms with Crippen LogP contribution in [0.5, 0.6) is 0 Å². The molecule has 0 fully saturated rings. The van der Waals surface area contributed by atoms with Crippen LogP contribution in [0, 0.1) is 0 Å². The predicted octanol–water partition coefficient (Wildman–Crippen LogP) is 12.9. The summed E-state index contributed by atoms with van der Waals surface area (Å²) >= 11 is 0. The predicted molar refractivity (Wildman–Crippen MR) is 220 cm³/mol. The number of aromatic nitrogens is 3. The third-order valence-electron chi connectivity index (χ3n) is 11.0. The van der Waals surface area contributed by atoms with Crippen molar-refractivity contribution >= 4 is 65.4 Å². The van der Waals surface area contributed by atoms with Gasteiger partial charge < -0.3 is 13.7 Å². The molecule has 0 spiro atoms. The van der Waals surface area contributed by atoms with Crippen LogP contribution in [-0.4, -0.2) is 13.7 Å². The summed E-state index contributed by atoms with van der Waals surface area (Å²) in [5.41, 5.74) is 14.5. The summed E-state index contributed by atoms with van der Waals surface area (Å²) in [6, 6.07) is 66.6. The first-order valence-corrected chi connectivity index (χ1v) is 17.9. The van der Waals surface area contributed by atoms with Gasteiger partial charge in [-0.05, 0) is 71.3 Å². The van der Waals surface area contributed by atoms with Crippen LogP contribution in [0.4, 0.5) is 0 Å². The first-order chi connectivity index (χ1) is 25.7. The standard InChI is InChI=1S/C49H33N3/c1-50-44-21-10-8-17-38(44)40-28-25-34(31-46(40)50)37-19-12-20-43-42-27-24-33(30-48(42)52(49(37)43)36-15-6-3-7-16-36)32-23-26-41-39-18-9-11-22-45(39)51(47(41)29-32)35-13-4-2-5-14-35/h2-31H,1H3. The van der Waals surface area contributed by atoms with E-state index in [0.29, 0.717) is 0 Å². The summed E-state index contributed by atoms with van der Waals surface area (Å²) in [5.74, 6) is 0. The molecule has 3 nitrogen and oxygen atoms in total. The highest BCUT2D eigenvalue weighted by molar-refractivity contribution is 6.16. The fourth-order valence-corrected chi connectivity index (χ4v) is 8.66. The number of hydrogen-bond donors (Lipinski definition) is 0. The zero-order valence-electron chi connectivity index (χ0n) is 28.7. The summed E-state index contributed by atoms with van der Waals surface area (Å²) in [6.45, 7) is 0. The lowest BCUT2D eigenvalue weighted by molar-refractivity contribution is 1.01. The molecule has 244 valence electrons. The monoisotopic (exact) mass is 663 g/mol. The van der Waals surface area contributed by atoms with Crippen LogP contribution in [0.25, 0.3) is 99.0 Å². The molecule has 0 bridgehead atoms. The van der Waals surface area contributed by atoms with Crippen LogP contribution in [-0.2, 0) is 7.05 Å². The van der Waals surface area contributed by atoms with Crippen molar-refractivity contribution in [2.45, 2.75) is 0 Å². The largest absolute Gasteiger partial charge is 0.344 e. The summed E-state index contributed by atoms with van der Waals surface area (Å²) in [4.78, 5) is 0. The fraction of sp³-hybridized carbons (Fsp3) is 0.0204. The lowest BCUT2D eigenvalue weighted by Crippen LogP contribution is -1.96. The van der Waals surface area contributed by atoms with E-state index in [2.05, 4.69) is 203 Å². The molecule has 3 heterocycles. The van der Waals surface area contributed by atoms with E-state index in [0.717, 1.165) is 5.69 Å². The maximum absolute atomic E-state index is 2.47. The van der Waals surface area contributed by atoms with Gasteiger partial charge in [-0.15, -0.1) is 0 Å². The highest BCUT2D eigenvalue weighted by Crippen LogP contribution is 2.42. The van der Waals surface area contributed by atoms with Crippen molar-refractivity contribution in [2.24, 2.45) is 7.05 Å². The molecule has 3 heteroatoms. The molecule has 11 aromatic rings. The Labute approximate surface area is 300 Å². The number of nitrogens with zero attached hydrogens (tertiary/aromatic N) is 3. The summed E-state index contributed by atoms with van der Waals surface area (Å²) in [6.07, 6.45) is 0. The molecule has 0 aliphatic heterocycles. The van der Waals surface area contributed by atoms with Gasteiger partial charge in [-0.25, -0.2) is 0 Å². The third-order valence-corrected chi connectivity index (χ3v) is 11.0. The van der Waals surface area contributed by atoms with Crippen LogP contribution in [0.1, 0.15) is 0 Å². The molecule has 0 aliphatic carbocycles. The van der Waals surface area contributed by atoms with E-state index >= 15 is 0 Å². The molecule has 0 saturated heterocycles. The van der Waals surface area contributed by atoms with E-state index < -0.39 is 0 Å². The Morgan fingerprint density at radius 3 is 1.46 bits per heavy atom. The summed E-state index contributed by atoms with van der Waals surface area (Å²) in [5, 5.41) is 7.59. The first kappa shape index (κ1) is 28.9. The number of para-hydroxylation sites is 5. The number of rotatable bonds is 4.